The molecule has 0 aliphatic rings. The molecule has 0 atom stereocenters. The number of esters is 2. The Morgan fingerprint density at radius 2 is 1.85 bits per heavy atom. The third-order valence-corrected chi connectivity index (χ3v) is 5.69. The minimum Gasteiger partial charge on any atom is -0.464 e. The number of fused-ring (bicyclic) bond motifs is 1. The number of rotatable bonds is 7. The van der Waals surface area contributed by atoms with E-state index < -0.39 is 24.5 Å². The van der Waals surface area contributed by atoms with E-state index in [9.17, 15) is 19.2 Å². The van der Waals surface area contributed by atoms with Crippen molar-refractivity contribution in [1.82, 2.24) is 9.78 Å². The summed E-state index contributed by atoms with van der Waals surface area (Å²) in [6.45, 7) is 1.19. The summed E-state index contributed by atoms with van der Waals surface area (Å²) in [5, 5.41) is 9.08. The van der Waals surface area contributed by atoms with Crippen molar-refractivity contribution in [3.63, 3.8) is 0 Å². The molecule has 1 N–H and O–H groups in total. The number of nitrogens with one attached hydrogen (secondary N) is 1. The van der Waals surface area contributed by atoms with Gasteiger partial charge >= 0.3 is 11.9 Å². The van der Waals surface area contributed by atoms with Crippen LogP contribution in [0.5, 0.6) is 0 Å². The zero-order valence-electron chi connectivity index (χ0n) is 18.2. The molecule has 0 spiro atoms. The lowest BCUT2D eigenvalue weighted by Gasteiger charge is -2.09. The highest BCUT2D eigenvalue weighted by molar-refractivity contribution is 7.15. The molecule has 11 heteroatoms. The Morgan fingerprint density at radius 1 is 1.09 bits per heavy atom. The van der Waals surface area contributed by atoms with Crippen molar-refractivity contribution in [3.05, 3.63) is 69.7 Å². The SMILES string of the molecule is CCOC(=O)c1c(-c2ccco2)csc1NC(=O)COC(=O)c1nn(C)c(=O)c2ccccc12. The second kappa shape index (κ2) is 9.71. The van der Waals surface area contributed by atoms with E-state index in [0.717, 1.165) is 16.0 Å². The number of anilines is 1. The van der Waals surface area contributed by atoms with Gasteiger partial charge in [-0.2, -0.15) is 5.10 Å². The molecular weight excluding hydrogens is 462 g/mol. The van der Waals surface area contributed by atoms with E-state index in [-0.39, 0.29) is 28.4 Å². The Morgan fingerprint density at radius 3 is 2.56 bits per heavy atom. The molecule has 0 unspecified atom stereocenters. The molecule has 4 rings (SSSR count). The fourth-order valence-electron chi connectivity index (χ4n) is 3.28. The van der Waals surface area contributed by atoms with Crippen LogP contribution in [0.2, 0.25) is 0 Å². The predicted octanol–water partition coefficient (Wildman–Crippen LogP) is 3.23. The Bertz CT molecular complexity index is 1440. The van der Waals surface area contributed by atoms with E-state index in [1.165, 1.54) is 13.3 Å². The number of aromatic nitrogens is 2. The summed E-state index contributed by atoms with van der Waals surface area (Å²) in [7, 11) is 1.42. The monoisotopic (exact) mass is 481 g/mol. The molecular formula is C23H19N3O7S. The maximum Gasteiger partial charge on any atom is 0.359 e. The van der Waals surface area contributed by atoms with E-state index >= 15 is 0 Å². The summed E-state index contributed by atoms with van der Waals surface area (Å²) in [6.07, 6.45) is 1.47. The van der Waals surface area contributed by atoms with Crippen molar-refractivity contribution < 1.29 is 28.3 Å². The maximum atomic E-state index is 12.6. The van der Waals surface area contributed by atoms with Crippen LogP contribution < -0.4 is 10.9 Å². The van der Waals surface area contributed by atoms with Gasteiger partial charge in [0.2, 0.25) is 0 Å². The number of hydrogen-bond acceptors (Lipinski definition) is 9. The molecule has 1 amide bonds. The van der Waals surface area contributed by atoms with Gasteiger partial charge in [0.15, 0.2) is 12.3 Å². The molecule has 174 valence electrons. The van der Waals surface area contributed by atoms with Gasteiger partial charge in [0.25, 0.3) is 11.5 Å². The first-order valence-corrected chi connectivity index (χ1v) is 11.0. The lowest BCUT2D eigenvalue weighted by atomic mass is 10.1. The number of carbonyl (C=O) groups excluding carboxylic acids is 3. The molecule has 0 radical (unpaired) electrons. The van der Waals surface area contributed by atoms with E-state index in [1.54, 1.807) is 48.7 Å². The minimum absolute atomic E-state index is 0.0889. The number of hydrogen-bond donors (Lipinski definition) is 1. The largest absolute Gasteiger partial charge is 0.464 e. The summed E-state index contributed by atoms with van der Waals surface area (Å²) in [5.74, 6) is -1.71. The third-order valence-electron chi connectivity index (χ3n) is 4.79. The molecule has 0 fully saturated rings. The fraction of sp³-hybridized carbons (Fsp3) is 0.174. The number of furan rings is 1. The summed E-state index contributed by atoms with van der Waals surface area (Å²) in [4.78, 5) is 49.9. The van der Waals surface area contributed by atoms with Crippen molar-refractivity contribution in [1.29, 1.82) is 0 Å². The van der Waals surface area contributed by atoms with Crippen LogP contribution in [0.15, 0.2) is 57.3 Å². The molecule has 4 aromatic rings. The van der Waals surface area contributed by atoms with Crippen molar-refractivity contribution in [2.75, 3.05) is 18.5 Å². The quantitative estimate of drug-likeness (QED) is 0.398. The Hall–Kier alpha value is -4.25. The second-order valence-electron chi connectivity index (χ2n) is 7.00. The highest BCUT2D eigenvalue weighted by Crippen LogP contribution is 2.36. The Labute approximate surface area is 196 Å². The first-order chi connectivity index (χ1) is 16.4. The third kappa shape index (κ3) is 4.46. The minimum atomic E-state index is -0.866. The number of carbonyl (C=O) groups is 3. The highest BCUT2D eigenvalue weighted by atomic mass is 32.1. The number of nitrogens with zero attached hydrogens (tertiary/aromatic N) is 2. The van der Waals surface area contributed by atoms with Crippen LogP contribution in [0.25, 0.3) is 22.1 Å². The van der Waals surface area contributed by atoms with E-state index in [4.69, 9.17) is 13.9 Å². The lowest BCUT2D eigenvalue weighted by molar-refractivity contribution is -0.119. The Balaban J connectivity index is 1.52. The average Bonchev–Trinajstić information content (AvgIpc) is 3.50. The van der Waals surface area contributed by atoms with E-state index in [0.29, 0.717) is 22.1 Å². The average molecular weight is 481 g/mol. The molecule has 1 aromatic carbocycles. The number of thiophene rings is 1. The number of amides is 1. The van der Waals surface area contributed by atoms with Crippen molar-refractivity contribution in [3.8, 4) is 11.3 Å². The summed E-state index contributed by atoms with van der Waals surface area (Å²) < 4.78 is 16.7. The molecule has 10 nitrogen and oxygen atoms in total. The van der Waals surface area contributed by atoms with Crippen LogP contribution in [0.4, 0.5) is 5.00 Å². The van der Waals surface area contributed by atoms with Gasteiger partial charge in [-0.25, -0.2) is 14.3 Å². The molecule has 0 bridgehead atoms. The van der Waals surface area contributed by atoms with Crippen molar-refractivity contribution >= 4 is 45.0 Å². The number of aryl methyl sites for hydroxylation is 1. The van der Waals surface area contributed by atoms with Crippen molar-refractivity contribution in [2.24, 2.45) is 7.05 Å². The van der Waals surface area contributed by atoms with Crippen LogP contribution in [0.3, 0.4) is 0 Å². The van der Waals surface area contributed by atoms with Crippen LogP contribution in [-0.2, 0) is 21.3 Å². The van der Waals surface area contributed by atoms with Gasteiger partial charge in [0.1, 0.15) is 16.3 Å². The fourth-order valence-corrected chi connectivity index (χ4v) is 4.24. The molecule has 0 aliphatic carbocycles. The van der Waals surface area contributed by atoms with E-state index in [2.05, 4.69) is 10.4 Å². The standard InChI is InChI=1S/C23H19N3O7S/c1-3-31-22(29)18-15(16-9-6-10-32-16)12-34-20(18)24-17(27)11-33-23(30)19-13-7-4-5-8-14(13)21(28)26(2)25-19/h4-10,12H,3,11H2,1-2H3,(H,24,27). The summed E-state index contributed by atoms with van der Waals surface area (Å²) in [5.41, 5.74) is 0.171. The van der Waals surface area contributed by atoms with E-state index in [1.807, 2.05) is 0 Å². The number of ether oxygens (including phenoxy) is 2. The predicted molar refractivity (Wildman–Crippen MR) is 124 cm³/mol. The van der Waals surface area contributed by atoms with Gasteiger partial charge in [-0.3, -0.25) is 9.59 Å². The van der Waals surface area contributed by atoms with Crippen LogP contribution >= 0.6 is 11.3 Å². The summed E-state index contributed by atoms with van der Waals surface area (Å²) in [6, 6.07) is 9.85. The van der Waals surface area contributed by atoms with Gasteiger partial charge in [0, 0.05) is 23.4 Å². The van der Waals surface area contributed by atoms with Gasteiger partial charge in [-0.15, -0.1) is 11.3 Å². The zero-order valence-corrected chi connectivity index (χ0v) is 19.0. The molecule has 0 saturated carbocycles. The molecule has 3 heterocycles. The lowest BCUT2D eigenvalue weighted by Crippen LogP contribution is -2.26. The molecule has 0 saturated heterocycles. The smallest absolute Gasteiger partial charge is 0.359 e. The van der Waals surface area contributed by atoms with Crippen LogP contribution in [0, 0.1) is 0 Å². The Kier molecular flexibility index (Phi) is 6.55. The summed E-state index contributed by atoms with van der Waals surface area (Å²) >= 11 is 1.11. The molecule has 3 aromatic heterocycles. The normalized spacial score (nSPS) is 10.8. The van der Waals surface area contributed by atoms with Crippen LogP contribution in [-0.4, -0.2) is 40.8 Å². The molecule has 34 heavy (non-hydrogen) atoms. The zero-order chi connectivity index (χ0) is 24.2. The first-order valence-electron chi connectivity index (χ1n) is 10.2. The van der Waals surface area contributed by atoms with Crippen LogP contribution in [0.1, 0.15) is 27.8 Å². The van der Waals surface area contributed by atoms with Gasteiger partial charge in [0.05, 0.1) is 18.3 Å². The molecule has 0 aliphatic heterocycles. The number of benzene rings is 1. The van der Waals surface area contributed by atoms with Gasteiger partial charge < -0.3 is 19.2 Å². The van der Waals surface area contributed by atoms with Gasteiger partial charge in [-0.05, 0) is 25.1 Å². The van der Waals surface area contributed by atoms with Gasteiger partial charge in [-0.1, -0.05) is 18.2 Å². The topological polar surface area (TPSA) is 130 Å². The first kappa shape index (κ1) is 22.9. The maximum absolute atomic E-state index is 12.6. The van der Waals surface area contributed by atoms with Crippen molar-refractivity contribution in [2.45, 2.75) is 6.92 Å². The second-order valence-corrected chi connectivity index (χ2v) is 7.88. The highest BCUT2D eigenvalue weighted by Gasteiger charge is 2.25.